The standard InChI is InChI=1S/C19H24O2/c1-13-6-5-7-16(12-13)9-11-18(20)17-10-8-14(2)15(3)19(17)21-4/h5-8,10,12,18,20H,9,11H2,1-4H3. The van der Waals surface area contributed by atoms with E-state index in [0.717, 1.165) is 23.3 Å². The lowest BCUT2D eigenvalue weighted by atomic mass is 9.96. The zero-order valence-electron chi connectivity index (χ0n) is 13.3. The molecule has 2 nitrogen and oxygen atoms in total. The zero-order valence-corrected chi connectivity index (χ0v) is 13.3. The van der Waals surface area contributed by atoms with Gasteiger partial charge >= 0.3 is 0 Å². The molecule has 1 atom stereocenters. The molecule has 0 radical (unpaired) electrons. The molecule has 0 amide bonds. The molecule has 112 valence electrons. The molecule has 0 heterocycles. The first kappa shape index (κ1) is 15.6. The highest BCUT2D eigenvalue weighted by Gasteiger charge is 2.16. The number of aryl methyl sites for hydroxylation is 3. The minimum Gasteiger partial charge on any atom is -0.496 e. The van der Waals surface area contributed by atoms with Gasteiger partial charge in [0.1, 0.15) is 5.75 Å². The van der Waals surface area contributed by atoms with Crippen LogP contribution in [-0.2, 0) is 6.42 Å². The number of rotatable bonds is 5. The zero-order chi connectivity index (χ0) is 15.4. The molecule has 0 saturated heterocycles. The molecule has 0 spiro atoms. The number of aliphatic hydroxyl groups is 1. The van der Waals surface area contributed by atoms with Crippen LogP contribution in [-0.4, -0.2) is 12.2 Å². The lowest BCUT2D eigenvalue weighted by Gasteiger charge is -2.18. The summed E-state index contributed by atoms with van der Waals surface area (Å²) in [5, 5.41) is 10.5. The van der Waals surface area contributed by atoms with Gasteiger partial charge in [-0.25, -0.2) is 0 Å². The molecule has 2 rings (SSSR count). The van der Waals surface area contributed by atoms with Crippen molar-refractivity contribution in [3.63, 3.8) is 0 Å². The third kappa shape index (κ3) is 3.64. The Hall–Kier alpha value is -1.80. The molecular formula is C19H24O2. The van der Waals surface area contributed by atoms with Crippen LogP contribution in [0.15, 0.2) is 36.4 Å². The van der Waals surface area contributed by atoms with Crippen LogP contribution in [0.2, 0.25) is 0 Å². The maximum Gasteiger partial charge on any atom is 0.127 e. The Bertz CT molecular complexity index is 617. The molecule has 0 aliphatic rings. The van der Waals surface area contributed by atoms with E-state index in [1.807, 2.05) is 19.1 Å². The van der Waals surface area contributed by atoms with Crippen molar-refractivity contribution in [1.82, 2.24) is 0 Å². The molecular weight excluding hydrogens is 260 g/mol. The summed E-state index contributed by atoms with van der Waals surface area (Å²) in [6.07, 6.45) is 1.06. The normalized spacial score (nSPS) is 12.2. The molecule has 2 heteroatoms. The van der Waals surface area contributed by atoms with Gasteiger partial charge in [-0.2, -0.15) is 0 Å². The summed E-state index contributed by atoms with van der Waals surface area (Å²) in [7, 11) is 1.67. The highest BCUT2D eigenvalue weighted by Crippen LogP contribution is 2.32. The predicted molar refractivity (Wildman–Crippen MR) is 86.9 cm³/mol. The monoisotopic (exact) mass is 284 g/mol. The molecule has 0 bridgehead atoms. The Morgan fingerprint density at radius 3 is 2.52 bits per heavy atom. The molecule has 2 aromatic carbocycles. The van der Waals surface area contributed by atoms with Gasteiger partial charge < -0.3 is 9.84 Å². The van der Waals surface area contributed by atoms with Crippen LogP contribution >= 0.6 is 0 Å². The average Bonchev–Trinajstić information content (AvgIpc) is 2.47. The lowest BCUT2D eigenvalue weighted by Crippen LogP contribution is -2.04. The number of aliphatic hydroxyl groups excluding tert-OH is 1. The first-order valence-electron chi connectivity index (χ1n) is 7.40. The van der Waals surface area contributed by atoms with Gasteiger partial charge in [-0.05, 0) is 50.3 Å². The Balaban J connectivity index is 2.13. The van der Waals surface area contributed by atoms with E-state index in [1.165, 1.54) is 16.7 Å². The second-order valence-electron chi connectivity index (χ2n) is 5.67. The molecule has 0 aliphatic carbocycles. The highest BCUT2D eigenvalue weighted by molar-refractivity contribution is 5.46. The lowest BCUT2D eigenvalue weighted by molar-refractivity contribution is 0.163. The maximum atomic E-state index is 10.5. The van der Waals surface area contributed by atoms with Crippen LogP contribution < -0.4 is 4.74 Å². The van der Waals surface area contributed by atoms with Crippen molar-refractivity contribution in [2.45, 2.75) is 39.7 Å². The summed E-state index contributed by atoms with van der Waals surface area (Å²) in [5.41, 5.74) is 5.68. The molecule has 0 aliphatic heterocycles. The second-order valence-corrected chi connectivity index (χ2v) is 5.67. The molecule has 0 saturated carbocycles. The van der Waals surface area contributed by atoms with Crippen molar-refractivity contribution in [3.05, 3.63) is 64.2 Å². The number of methoxy groups -OCH3 is 1. The van der Waals surface area contributed by atoms with Crippen LogP contribution in [0.3, 0.4) is 0 Å². The molecule has 0 fully saturated rings. The molecule has 2 aromatic rings. The fraction of sp³-hybridized carbons (Fsp3) is 0.368. The Morgan fingerprint density at radius 2 is 1.86 bits per heavy atom. The third-order valence-corrected chi connectivity index (χ3v) is 4.06. The summed E-state index contributed by atoms with van der Waals surface area (Å²) < 4.78 is 5.49. The van der Waals surface area contributed by atoms with Crippen molar-refractivity contribution in [1.29, 1.82) is 0 Å². The van der Waals surface area contributed by atoms with Gasteiger partial charge in [0.05, 0.1) is 13.2 Å². The van der Waals surface area contributed by atoms with E-state index in [2.05, 4.69) is 38.1 Å². The number of hydrogen-bond donors (Lipinski definition) is 1. The van der Waals surface area contributed by atoms with Crippen LogP contribution in [0.5, 0.6) is 5.75 Å². The molecule has 0 aromatic heterocycles. The fourth-order valence-electron chi connectivity index (χ4n) is 2.67. The Kier molecular flexibility index (Phi) is 5.03. The fourth-order valence-corrected chi connectivity index (χ4v) is 2.67. The third-order valence-electron chi connectivity index (χ3n) is 4.06. The van der Waals surface area contributed by atoms with E-state index in [1.54, 1.807) is 7.11 Å². The minimum atomic E-state index is -0.500. The van der Waals surface area contributed by atoms with Gasteiger partial charge in [0.15, 0.2) is 0 Å². The van der Waals surface area contributed by atoms with Crippen LogP contribution in [0.1, 0.15) is 40.3 Å². The van der Waals surface area contributed by atoms with Gasteiger partial charge in [-0.1, -0.05) is 42.0 Å². The van der Waals surface area contributed by atoms with Crippen molar-refractivity contribution >= 4 is 0 Å². The Labute approximate surface area is 127 Å². The topological polar surface area (TPSA) is 29.5 Å². The highest BCUT2D eigenvalue weighted by atomic mass is 16.5. The summed E-state index contributed by atoms with van der Waals surface area (Å²) in [6.45, 7) is 6.18. The SMILES string of the molecule is COc1c(C(O)CCc2cccc(C)c2)ccc(C)c1C. The van der Waals surface area contributed by atoms with E-state index < -0.39 is 6.10 Å². The van der Waals surface area contributed by atoms with Crippen molar-refractivity contribution in [2.75, 3.05) is 7.11 Å². The summed E-state index contributed by atoms with van der Waals surface area (Å²) in [5.74, 6) is 0.812. The molecule has 1 N–H and O–H groups in total. The number of hydrogen-bond acceptors (Lipinski definition) is 2. The number of benzene rings is 2. The van der Waals surface area contributed by atoms with Crippen LogP contribution in [0.25, 0.3) is 0 Å². The first-order valence-corrected chi connectivity index (χ1v) is 7.40. The van der Waals surface area contributed by atoms with E-state index in [-0.39, 0.29) is 0 Å². The largest absolute Gasteiger partial charge is 0.496 e. The van der Waals surface area contributed by atoms with Gasteiger partial charge in [0, 0.05) is 5.56 Å². The van der Waals surface area contributed by atoms with Gasteiger partial charge in [-0.3, -0.25) is 0 Å². The van der Waals surface area contributed by atoms with Gasteiger partial charge in [-0.15, -0.1) is 0 Å². The van der Waals surface area contributed by atoms with Crippen LogP contribution in [0.4, 0.5) is 0 Å². The second kappa shape index (κ2) is 6.77. The number of ether oxygens (including phenoxy) is 1. The summed E-state index contributed by atoms with van der Waals surface area (Å²) in [4.78, 5) is 0. The van der Waals surface area contributed by atoms with E-state index in [0.29, 0.717) is 6.42 Å². The van der Waals surface area contributed by atoms with Crippen molar-refractivity contribution in [3.8, 4) is 5.75 Å². The summed E-state index contributed by atoms with van der Waals surface area (Å²) in [6, 6.07) is 12.5. The van der Waals surface area contributed by atoms with Crippen LogP contribution in [0, 0.1) is 20.8 Å². The predicted octanol–water partition coefficient (Wildman–Crippen LogP) is 4.29. The Morgan fingerprint density at radius 1 is 1.10 bits per heavy atom. The summed E-state index contributed by atoms with van der Waals surface area (Å²) >= 11 is 0. The maximum absolute atomic E-state index is 10.5. The van der Waals surface area contributed by atoms with Gasteiger partial charge in [0.2, 0.25) is 0 Å². The van der Waals surface area contributed by atoms with Crippen molar-refractivity contribution < 1.29 is 9.84 Å². The quantitative estimate of drug-likeness (QED) is 0.887. The van der Waals surface area contributed by atoms with E-state index in [9.17, 15) is 5.11 Å². The van der Waals surface area contributed by atoms with E-state index >= 15 is 0 Å². The van der Waals surface area contributed by atoms with E-state index in [4.69, 9.17) is 4.74 Å². The smallest absolute Gasteiger partial charge is 0.127 e. The minimum absolute atomic E-state index is 0.500. The van der Waals surface area contributed by atoms with Gasteiger partial charge in [0.25, 0.3) is 0 Å². The molecule has 1 unspecified atom stereocenters. The molecule has 21 heavy (non-hydrogen) atoms. The first-order chi connectivity index (χ1) is 10.0. The average molecular weight is 284 g/mol. The van der Waals surface area contributed by atoms with Crippen molar-refractivity contribution in [2.24, 2.45) is 0 Å².